The molecule has 10 nitrogen and oxygen atoms in total. The molecule has 1 aromatic heterocycles. The maximum atomic E-state index is 13.6. The normalized spacial score (nSPS) is 19.5. The van der Waals surface area contributed by atoms with Crippen LogP contribution in [0.25, 0.3) is 10.9 Å². The van der Waals surface area contributed by atoms with E-state index in [9.17, 15) is 19.2 Å². The SMILES string of the molecule is Cc1nc2c(NC(=O)C3(Oc4ccccc4)CCNCC3)cccc2c(=O)n1C1CCC(=O)NC1=O. The van der Waals surface area contributed by atoms with Crippen LogP contribution in [0.2, 0.25) is 0 Å². The quantitative estimate of drug-likeness (QED) is 0.466. The highest BCUT2D eigenvalue weighted by molar-refractivity contribution is 6.04. The van der Waals surface area contributed by atoms with Crippen molar-refractivity contribution in [3.05, 3.63) is 64.7 Å². The fourth-order valence-corrected chi connectivity index (χ4v) is 4.88. The number of aromatic nitrogens is 2. The number of carbonyl (C=O) groups excluding carboxylic acids is 3. The van der Waals surface area contributed by atoms with Gasteiger partial charge in [-0.15, -0.1) is 0 Å². The van der Waals surface area contributed by atoms with Crippen molar-refractivity contribution in [2.45, 2.75) is 44.2 Å². The number of nitrogens with zero attached hydrogens (tertiary/aromatic N) is 2. The van der Waals surface area contributed by atoms with Gasteiger partial charge in [0.15, 0.2) is 5.60 Å². The van der Waals surface area contributed by atoms with E-state index in [-0.39, 0.29) is 30.0 Å². The van der Waals surface area contributed by atoms with Crippen LogP contribution in [0.3, 0.4) is 0 Å². The minimum Gasteiger partial charge on any atom is -0.477 e. The zero-order valence-corrected chi connectivity index (χ0v) is 19.9. The van der Waals surface area contributed by atoms with Crippen LogP contribution in [0.5, 0.6) is 5.75 Å². The maximum Gasteiger partial charge on any atom is 0.268 e. The van der Waals surface area contributed by atoms with E-state index < -0.39 is 23.1 Å². The summed E-state index contributed by atoms with van der Waals surface area (Å²) in [6.07, 6.45) is 1.33. The van der Waals surface area contributed by atoms with Crippen molar-refractivity contribution in [2.75, 3.05) is 18.4 Å². The minimum absolute atomic E-state index is 0.148. The third-order valence-electron chi connectivity index (χ3n) is 6.76. The number of ether oxygens (including phenoxy) is 1. The number of rotatable bonds is 5. The number of carbonyl (C=O) groups is 3. The summed E-state index contributed by atoms with van der Waals surface area (Å²) in [5.74, 6) is -0.262. The van der Waals surface area contributed by atoms with Crippen LogP contribution in [0.1, 0.15) is 37.5 Å². The van der Waals surface area contributed by atoms with Gasteiger partial charge in [-0.05, 0) is 50.7 Å². The van der Waals surface area contributed by atoms with Crippen LogP contribution >= 0.6 is 0 Å². The number of para-hydroxylation sites is 2. The molecule has 2 aromatic carbocycles. The predicted octanol–water partition coefficient (Wildman–Crippen LogP) is 1.82. The summed E-state index contributed by atoms with van der Waals surface area (Å²) in [5, 5.41) is 8.78. The molecule has 1 unspecified atom stereocenters. The lowest BCUT2D eigenvalue weighted by molar-refractivity contribution is -0.136. The van der Waals surface area contributed by atoms with Crippen molar-refractivity contribution >= 4 is 34.3 Å². The fourth-order valence-electron chi connectivity index (χ4n) is 4.88. The summed E-state index contributed by atoms with van der Waals surface area (Å²) >= 11 is 0. The van der Waals surface area contributed by atoms with Crippen molar-refractivity contribution in [1.82, 2.24) is 20.2 Å². The number of benzene rings is 2. The van der Waals surface area contributed by atoms with Crippen molar-refractivity contribution < 1.29 is 19.1 Å². The molecule has 2 fully saturated rings. The molecular formula is C26H27N5O5. The van der Waals surface area contributed by atoms with Crippen molar-refractivity contribution in [3.8, 4) is 5.75 Å². The molecule has 10 heteroatoms. The van der Waals surface area contributed by atoms with Gasteiger partial charge in [0.25, 0.3) is 11.5 Å². The topological polar surface area (TPSA) is 131 Å². The molecule has 0 radical (unpaired) electrons. The standard InChI is InChI=1S/C26H27N5O5/c1-16-28-22-18(24(34)31(16)20-10-11-21(32)30-23(20)33)8-5-9-19(22)29-25(35)26(12-14-27-15-13-26)36-17-6-3-2-4-7-17/h2-9,20,27H,10-15H2,1H3,(H,29,35)(H,30,32,33). The summed E-state index contributed by atoms with van der Waals surface area (Å²) in [5.41, 5.74) is -0.755. The molecule has 3 N–H and O–H groups in total. The molecule has 5 rings (SSSR count). The number of imide groups is 1. The summed E-state index contributed by atoms with van der Waals surface area (Å²) in [7, 11) is 0. The number of hydrogen-bond donors (Lipinski definition) is 3. The summed E-state index contributed by atoms with van der Waals surface area (Å²) < 4.78 is 7.57. The Hall–Kier alpha value is -4.05. The molecule has 3 heterocycles. The average Bonchev–Trinajstić information content (AvgIpc) is 2.87. The Kier molecular flexibility index (Phi) is 6.27. The van der Waals surface area contributed by atoms with Gasteiger partial charge in [0.1, 0.15) is 23.1 Å². The Bertz CT molecular complexity index is 1400. The van der Waals surface area contributed by atoms with Gasteiger partial charge < -0.3 is 15.4 Å². The van der Waals surface area contributed by atoms with E-state index in [1.54, 1.807) is 25.1 Å². The lowest BCUT2D eigenvalue weighted by Gasteiger charge is -2.36. The predicted molar refractivity (Wildman–Crippen MR) is 133 cm³/mol. The first kappa shape index (κ1) is 23.7. The number of aryl methyl sites for hydroxylation is 1. The zero-order valence-electron chi connectivity index (χ0n) is 19.9. The van der Waals surface area contributed by atoms with Crippen LogP contribution in [0.4, 0.5) is 5.69 Å². The Morgan fingerprint density at radius 1 is 1.08 bits per heavy atom. The fraction of sp³-hybridized carbons (Fsp3) is 0.346. The second-order valence-corrected chi connectivity index (χ2v) is 9.12. The van der Waals surface area contributed by atoms with Crippen molar-refractivity contribution in [3.63, 3.8) is 0 Å². The van der Waals surface area contributed by atoms with Crippen LogP contribution in [0, 0.1) is 6.92 Å². The van der Waals surface area contributed by atoms with E-state index in [1.807, 2.05) is 30.3 Å². The molecule has 186 valence electrons. The van der Waals surface area contributed by atoms with E-state index >= 15 is 0 Å². The Labute approximate surface area is 207 Å². The van der Waals surface area contributed by atoms with Crippen molar-refractivity contribution in [1.29, 1.82) is 0 Å². The Balaban J connectivity index is 1.50. The average molecular weight is 490 g/mol. The van der Waals surface area contributed by atoms with Crippen LogP contribution in [-0.4, -0.2) is 46.0 Å². The van der Waals surface area contributed by atoms with Gasteiger partial charge >= 0.3 is 0 Å². The van der Waals surface area contributed by atoms with E-state index in [0.717, 1.165) is 0 Å². The van der Waals surface area contributed by atoms with Gasteiger partial charge in [0, 0.05) is 19.3 Å². The summed E-state index contributed by atoms with van der Waals surface area (Å²) in [6.45, 7) is 2.89. The van der Waals surface area contributed by atoms with Gasteiger partial charge in [-0.2, -0.15) is 0 Å². The summed E-state index contributed by atoms with van der Waals surface area (Å²) in [4.78, 5) is 55.7. The van der Waals surface area contributed by atoms with Gasteiger partial charge in [-0.1, -0.05) is 24.3 Å². The molecule has 3 aromatic rings. The molecule has 2 aliphatic rings. The second-order valence-electron chi connectivity index (χ2n) is 9.12. The van der Waals surface area contributed by atoms with Gasteiger partial charge in [-0.3, -0.25) is 29.1 Å². The number of hydrogen-bond acceptors (Lipinski definition) is 7. The number of amides is 3. The molecule has 1 atom stereocenters. The van der Waals surface area contributed by atoms with Crippen LogP contribution in [-0.2, 0) is 14.4 Å². The van der Waals surface area contributed by atoms with E-state index in [2.05, 4.69) is 20.9 Å². The molecule has 0 aliphatic carbocycles. The Morgan fingerprint density at radius 3 is 2.56 bits per heavy atom. The van der Waals surface area contributed by atoms with Gasteiger partial charge in [-0.25, -0.2) is 4.98 Å². The largest absolute Gasteiger partial charge is 0.477 e. The van der Waals surface area contributed by atoms with E-state index in [4.69, 9.17) is 4.74 Å². The first-order valence-corrected chi connectivity index (χ1v) is 12.0. The highest BCUT2D eigenvalue weighted by Crippen LogP contribution is 2.30. The summed E-state index contributed by atoms with van der Waals surface area (Å²) in [6, 6.07) is 13.4. The van der Waals surface area contributed by atoms with Crippen LogP contribution < -0.4 is 26.2 Å². The monoisotopic (exact) mass is 489 g/mol. The molecule has 36 heavy (non-hydrogen) atoms. The third kappa shape index (κ3) is 4.35. The lowest BCUT2D eigenvalue weighted by atomic mass is 9.90. The number of nitrogens with one attached hydrogen (secondary N) is 3. The zero-order chi connectivity index (χ0) is 25.3. The molecular weight excluding hydrogens is 462 g/mol. The smallest absolute Gasteiger partial charge is 0.268 e. The van der Waals surface area contributed by atoms with E-state index in [1.165, 1.54) is 4.57 Å². The van der Waals surface area contributed by atoms with Gasteiger partial charge in [0.2, 0.25) is 11.8 Å². The highest BCUT2D eigenvalue weighted by atomic mass is 16.5. The molecule has 2 saturated heterocycles. The number of anilines is 1. The number of fused-ring (bicyclic) bond motifs is 1. The molecule has 0 bridgehead atoms. The molecule has 2 aliphatic heterocycles. The maximum absolute atomic E-state index is 13.6. The first-order chi connectivity index (χ1) is 17.4. The third-order valence-corrected chi connectivity index (χ3v) is 6.76. The molecule has 0 spiro atoms. The lowest BCUT2D eigenvalue weighted by Crippen LogP contribution is -2.54. The van der Waals surface area contributed by atoms with Gasteiger partial charge in [0.05, 0.1) is 11.1 Å². The highest BCUT2D eigenvalue weighted by Gasteiger charge is 2.42. The Morgan fingerprint density at radius 2 is 1.83 bits per heavy atom. The van der Waals surface area contributed by atoms with Crippen molar-refractivity contribution in [2.24, 2.45) is 0 Å². The van der Waals surface area contributed by atoms with Crippen LogP contribution in [0.15, 0.2) is 53.3 Å². The molecule has 3 amide bonds. The second kappa shape index (κ2) is 9.54. The molecule has 0 saturated carbocycles. The number of piperidine rings is 2. The minimum atomic E-state index is -1.08. The first-order valence-electron chi connectivity index (χ1n) is 12.0. The van der Waals surface area contributed by atoms with E-state index in [0.29, 0.717) is 48.7 Å².